The fraction of sp³-hybridized carbons (Fsp3) is 0.130. The Hall–Kier alpha value is -2.78. The summed E-state index contributed by atoms with van der Waals surface area (Å²) in [7, 11) is -4.15. The van der Waals surface area contributed by atoms with Crippen molar-refractivity contribution in [3.8, 4) is 0 Å². The Morgan fingerprint density at radius 3 is 2.52 bits per heavy atom. The first-order chi connectivity index (χ1) is 15.8. The van der Waals surface area contributed by atoms with E-state index in [1.807, 2.05) is 30.3 Å². The normalized spacial score (nSPS) is 11.8. The number of hydrogen-bond donors (Lipinski definition) is 1. The molecule has 0 unspecified atom stereocenters. The highest BCUT2D eigenvalue weighted by Gasteiger charge is 2.28. The van der Waals surface area contributed by atoms with Gasteiger partial charge in [-0.3, -0.25) is 4.79 Å². The minimum atomic E-state index is -4.15. The molecular formula is C23H20Cl2FN3O3S. The lowest BCUT2D eigenvalue weighted by atomic mass is 10.1. The molecule has 3 aromatic carbocycles. The molecule has 0 aromatic heterocycles. The second-order valence-corrected chi connectivity index (χ2v) is 9.75. The van der Waals surface area contributed by atoms with Crippen molar-refractivity contribution in [2.24, 2.45) is 5.10 Å². The molecule has 3 rings (SSSR count). The zero-order chi connectivity index (χ0) is 23.8. The van der Waals surface area contributed by atoms with Crippen molar-refractivity contribution in [3.05, 3.63) is 99.8 Å². The second-order valence-electron chi connectivity index (χ2n) is 7.00. The molecule has 172 valence electrons. The summed E-state index contributed by atoms with van der Waals surface area (Å²) in [6.45, 7) is -0.477. The van der Waals surface area contributed by atoms with Crippen LogP contribution in [-0.2, 0) is 21.2 Å². The van der Waals surface area contributed by atoms with Crippen molar-refractivity contribution in [2.45, 2.75) is 11.3 Å². The number of hydrogen-bond acceptors (Lipinski definition) is 4. The van der Waals surface area contributed by atoms with Gasteiger partial charge in [0, 0.05) is 11.6 Å². The molecule has 0 aliphatic carbocycles. The average molecular weight is 508 g/mol. The van der Waals surface area contributed by atoms with Crippen molar-refractivity contribution < 1.29 is 17.6 Å². The van der Waals surface area contributed by atoms with Crippen molar-refractivity contribution in [3.63, 3.8) is 0 Å². The van der Waals surface area contributed by atoms with E-state index in [9.17, 15) is 17.6 Å². The molecule has 0 aliphatic rings. The number of carbonyl (C=O) groups excluding carboxylic acids is 1. The van der Waals surface area contributed by atoms with Gasteiger partial charge >= 0.3 is 0 Å². The van der Waals surface area contributed by atoms with E-state index in [1.165, 1.54) is 42.6 Å². The number of rotatable bonds is 9. The van der Waals surface area contributed by atoms with Gasteiger partial charge in [0.05, 0.1) is 17.8 Å². The summed E-state index contributed by atoms with van der Waals surface area (Å²) in [5, 5.41) is 3.97. The molecule has 10 heteroatoms. The number of halogens is 3. The first kappa shape index (κ1) is 24.9. The maximum atomic E-state index is 13.3. The van der Waals surface area contributed by atoms with Gasteiger partial charge in [-0.1, -0.05) is 65.7 Å². The maximum absolute atomic E-state index is 13.3. The molecule has 6 nitrogen and oxygen atoms in total. The van der Waals surface area contributed by atoms with E-state index in [0.717, 1.165) is 9.87 Å². The molecule has 0 saturated heterocycles. The summed E-state index contributed by atoms with van der Waals surface area (Å²) < 4.78 is 40.9. The van der Waals surface area contributed by atoms with Crippen LogP contribution in [0.1, 0.15) is 11.1 Å². The first-order valence-corrected chi connectivity index (χ1v) is 12.0. The number of sulfonamides is 1. The van der Waals surface area contributed by atoms with Crippen LogP contribution in [0.3, 0.4) is 0 Å². The Balaban J connectivity index is 1.78. The summed E-state index contributed by atoms with van der Waals surface area (Å²) in [6.07, 6.45) is 1.63. The summed E-state index contributed by atoms with van der Waals surface area (Å²) >= 11 is 12.1. The topological polar surface area (TPSA) is 78.8 Å². The van der Waals surface area contributed by atoms with Crippen LogP contribution in [0.25, 0.3) is 0 Å². The van der Waals surface area contributed by atoms with Crippen LogP contribution in [0.2, 0.25) is 10.0 Å². The molecule has 0 spiro atoms. The van der Waals surface area contributed by atoms with E-state index in [1.54, 1.807) is 6.07 Å². The fourth-order valence-corrected chi connectivity index (χ4v) is 5.09. The molecule has 1 N–H and O–H groups in total. The predicted molar refractivity (Wildman–Crippen MR) is 128 cm³/mol. The Bertz CT molecular complexity index is 1250. The van der Waals surface area contributed by atoms with E-state index < -0.39 is 28.3 Å². The molecule has 0 bridgehead atoms. The van der Waals surface area contributed by atoms with Crippen LogP contribution in [0.15, 0.2) is 82.8 Å². The highest BCUT2D eigenvalue weighted by Crippen LogP contribution is 2.28. The smallest absolute Gasteiger partial charge is 0.255 e. The van der Waals surface area contributed by atoms with Gasteiger partial charge < -0.3 is 0 Å². The quantitative estimate of drug-likeness (QED) is 0.341. The highest BCUT2D eigenvalue weighted by molar-refractivity contribution is 7.89. The Morgan fingerprint density at radius 2 is 1.79 bits per heavy atom. The number of amides is 1. The lowest BCUT2D eigenvalue weighted by molar-refractivity contribution is -0.121. The van der Waals surface area contributed by atoms with Gasteiger partial charge in [0.25, 0.3) is 5.91 Å². The van der Waals surface area contributed by atoms with Crippen LogP contribution in [0.4, 0.5) is 4.39 Å². The molecule has 0 heterocycles. The van der Waals surface area contributed by atoms with Gasteiger partial charge in [-0.2, -0.15) is 9.41 Å². The van der Waals surface area contributed by atoms with E-state index in [2.05, 4.69) is 10.5 Å². The largest absolute Gasteiger partial charge is 0.272 e. The summed E-state index contributed by atoms with van der Waals surface area (Å²) in [6, 6.07) is 19.0. The van der Waals surface area contributed by atoms with Crippen LogP contribution < -0.4 is 5.43 Å². The van der Waals surface area contributed by atoms with Crippen LogP contribution in [0.5, 0.6) is 0 Å². The van der Waals surface area contributed by atoms with Crippen LogP contribution in [0, 0.1) is 5.82 Å². The second kappa shape index (κ2) is 11.4. The highest BCUT2D eigenvalue weighted by atomic mass is 35.5. The van der Waals surface area contributed by atoms with E-state index in [0.29, 0.717) is 12.0 Å². The number of benzene rings is 3. The molecule has 0 fully saturated rings. The number of nitrogens with one attached hydrogen (secondary N) is 1. The van der Waals surface area contributed by atoms with Gasteiger partial charge in [-0.15, -0.1) is 0 Å². The lowest BCUT2D eigenvalue weighted by Gasteiger charge is -2.22. The summed E-state index contributed by atoms with van der Waals surface area (Å²) in [5.74, 6) is -1.11. The predicted octanol–water partition coefficient (Wildman–Crippen LogP) is 4.52. The summed E-state index contributed by atoms with van der Waals surface area (Å²) in [5.41, 5.74) is 3.61. The Morgan fingerprint density at radius 1 is 1.03 bits per heavy atom. The third kappa shape index (κ3) is 7.10. The average Bonchev–Trinajstić information content (AvgIpc) is 2.79. The SMILES string of the molecule is O=C(CN(CCc1ccccc1)S(=O)(=O)c1cc(Cl)ccc1Cl)N/N=C\c1cccc(F)c1. The minimum Gasteiger partial charge on any atom is -0.272 e. The molecule has 0 saturated carbocycles. The molecular weight excluding hydrogens is 488 g/mol. The number of carbonyl (C=O) groups is 1. The third-order valence-electron chi connectivity index (χ3n) is 4.58. The summed E-state index contributed by atoms with van der Waals surface area (Å²) in [4.78, 5) is 12.3. The van der Waals surface area contributed by atoms with Crippen molar-refractivity contribution >= 4 is 45.3 Å². The van der Waals surface area contributed by atoms with Crippen LogP contribution in [-0.4, -0.2) is 37.9 Å². The Kier molecular flexibility index (Phi) is 8.57. The van der Waals surface area contributed by atoms with Crippen molar-refractivity contribution in [1.82, 2.24) is 9.73 Å². The minimum absolute atomic E-state index is 0.00588. The van der Waals surface area contributed by atoms with Crippen molar-refractivity contribution in [1.29, 1.82) is 0 Å². The zero-order valence-corrected chi connectivity index (χ0v) is 19.6. The molecule has 0 radical (unpaired) electrons. The maximum Gasteiger partial charge on any atom is 0.255 e. The van der Waals surface area contributed by atoms with Gasteiger partial charge in [0.15, 0.2) is 0 Å². The van der Waals surface area contributed by atoms with Gasteiger partial charge in [0.1, 0.15) is 10.7 Å². The fourth-order valence-electron chi connectivity index (χ4n) is 2.96. The molecule has 1 amide bonds. The van der Waals surface area contributed by atoms with E-state index in [-0.39, 0.29) is 21.5 Å². The zero-order valence-electron chi connectivity index (χ0n) is 17.3. The van der Waals surface area contributed by atoms with Crippen molar-refractivity contribution in [2.75, 3.05) is 13.1 Å². The third-order valence-corrected chi connectivity index (χ3v) is 7.14. The van der Waals surface area contributed by atoms with E-state index >= 15 is 0 Å². The molecule has 3 aromatic rings. The first-order valence-electron chi connectivity index (χ1n) is 9.82. The van der Waals surface area contributed by atoms with Gasteiger partial charge in [-0.25, -0.2) is 18.2 Å². The molecule has 0 atom stereocenters. The monoisotopic (exact) mass is 507 g/mol. The molecule has 0 aliphatic heterocycles. The van der Waals surface area contributed by atoms with E-state index in [4.69, 9.17) is 23.2 Å². The standard InChI is InChI=1S/C23H20Cl2FN3O3S/c24-19-9-10-21(25)22(14-19)33(31,32)29(12-11-17-5-2-1-3-6-17)16-23(30)28-27-15-18-7-4-8-20(26)13-18/h1-10,13-15H,11-12,16H2,(H,28,30)/b27-15-. The lowest BCUT2D eigenvalue weighted by Crippen LogP contribution is -2.40. The number of nitrogens with zero attached hydrogens (tertiary/aromatic N) is 2. The number of hydrazone groups is 1. The molecule has 33 heavy (non-hydrogen) atoms. The van der Waals surface area contributed by atoms with Gasteiger partial charge in [-0.05, 0) is 47.9 Å². The van der Waals surface area contributed by atoms with Gasteiger partial charge in [0.2, 0.25) is 10.0 Å². The Labute approximate surface area is 201 Å². The van der Waals surface area contributed by atoms with Crippen LogP contribution >= 0.6 is 23.2 Å².